The van der Waals surface area contributed by atoms with Crippen molar-refractivity contribution in [3.05, 3.63) is 60.9 Å². The molecule has 3 rings (SSSR count). The van der Waals surface area contributed by atoms with E-state index in [1.54, 1.807) is 0 Å². The van der Waals surface area contributed by atoms with Crippen LogP contribution in [0.2, 0.25) is 0 Å². The van der Waals surface area contributed by atoms with Crippen LogP contribution in [0.3, 0.4) is 0 Å². The van der Waals surface area contributed by atoms with E-state index in [4.69, 9.17) is 9.47 Å². The van der Waals surface area contributed by atoms with E-state index < -0.39 is 0 Å². The van der Waals surface area contributed by atoms with Crippen molar-refractivity contribution in [1.29, 1.82) is 0 Å². The molecule has 0 aliphatic rings. The van der Waals surface area contributed by atoms with Crippen LogP contribution in [0.15, 0.2) is 60.9 Å². The van der Waals surface area contributed by atoms with Gasteiger partial charge in [-0.3, -0.25) is 4.79 Å². The lowest BCUT2D eigenvalue weighted by atomic mass is 10.0. The number of ether oxygens (including phenoxy) is 2. The summed E-state index contributed by atoms with van der Waals surface area (Å²) in [4.78, 5) is 21.2. The third-order valence-electron chi connectivity index (χ3n) is 6.48. The van der Waals surface area contributed by atoms with Gasteiger partial charge >= 0.3 is 5.97 Å². The van der Waals surface area contributed by atoms with Crippen molar-refractivity contribution in [1.82, 2.24) is 9.97 Å². The van der Waals surface area contributed by atoms with Gasteiger partial charge in [0, 0.05) is 29.9 Å². The molecule has 1 atom stereocenters. The topological polar surface area (TPSA) is 61.3 Å². The first-order valence-electron chi connectivity index (χ1n) is 13.5. The maximum atomic E-state index is 12.2. The summed E-state index contributed by atoms with van der Waals surface area (Å²) in [5, 5.41) is 0. The predicted molar refractivity (Wildman–Crippen MR) is 146 cm³/mol. The zero-order chi connectivity index (χ0) is 25.6. The Balaban J connectivity index is 1.45. The van der Waals surface area contributed by atoms with Crippen LogP contribution in [0.1, 0.15) is 78.6 Å². The van der Waals surface area contributed by atoms with Crippen molar-refractivity contribution in [2.45, 2.75) is 78.6 Å². The SMILES string of the molecule is CCCCOc1ccc(-c2ncc(-c3ccc(OC(=O)CCCCCCC(C)CC)cc3)cn2)cc1. The van der Waals surface area contributed by atoms with Gasteiger partial charge in [0.2, 0.25) is 0 Å². The monoisotopic (exact) mass is 488 g/mol. The average molecular weight is 489 g/mol. The summed E-state index contributed by atoms with van der Waals surface area (Å²) in [5.41, 5.74) is 2.83. The van der Waals surface area contributed by atoms with E-state index in [0.717, 1.165) is 60.6 Å². The normalized spacial score (nSPS) is 11.8. The highest BCUT2D eigenvalue weighted by atomic mass is 16.5. The van der Waals surface area contributed by atoms with Crippen molar-refractivity contribution in [2.75, 3.05) is 6.61 Å². The van der Waals surface area contributed by atoms with Crippen molar-refractivity contribution < 1.29 is 14.3 Å². The third-order valence-corrected chi connectivity index (χ3v) is 6.48. The maximum Gasteiger partial charge on any atom is 0.311 e. The van der Waals surface area contributed by atoms with Crippen LogP contribution < -0.4 is 9.47 Å². The zero-order valence-electron chi connectivity index (χ0n) is 22.0. The molecule has 1 unspecified atom stereocenters. The zero-order valence-corrected chi connectivity index (χ0v) is 22.0. The lowest BCUT2D eigenvalue weighted by molar-refractivity contribution is -0.134. The number of carbonyl (C=O) groups is 1. The first-order valence-corrected chi connectivity index (χ1v) is 13.5. The molecule has 0 bridgehead atoms. The van der Waals surface area contributed by atoms with Crippen molar-refractivity contribution in [3.63, 3.8) is 0 Å². The Morgan fingerprint density at radius 1 is 0.778 bits per heavy atom. The van der Waals surface area contributed by atoms with Gasteiger partial charge < -0.3 is 9.47 Å². The molecule has 1 heterocycles. The second kappa shape index (κ2) is 15.0. The number of hydrogen-bond acceptors (Lipinski definition) is 5. The summed E-state index contributed by atoms with van der Waals surface area (Å²) >= 11 is 0. The van der Waals surface area contributed by atoms with E-state index in [2.05, 4.69) is 30.7 Å². The molecule has 2 aromatic carbocycles. The molecule has 0 N–H and O–H groups in total. The maximum absolute atomic E-state index is 12.2. The summed E-state index contributed by atoms with van der Waals surface area (Å²) in [6, 6.07) is 15.4. The van der Waals surface area contributed by atoms with Crippen LogP contribution in [0.4, 0.5) is 0 Å². The van der Waals surface area contributed by atoms with Gasteiger partial charge in [0.05, 0.1) is 6.61 Å². The fourth-order valence-electron chi connectivity index (χ4n) is 3.88. The highest BCUT2D eigenvalue weighted by Crippen LogP contribution is 2.24. The molecule has 1 aromatic heterocycles. The summed E-state index contributed by atoms with van der Waals surface area (Å²) < 4.78 is 11.2. The van der Waals surface area contributed by atoms with E-state index in [1.165, 1.54) is 25.7 Å². The second-order valence-corrected chi connectivity index (χ2v) is 9.49. The van der Waals surface area contributed by atoms with Crippen molar-refractivity contribution in [2.24, 2.45) is 5.92 Å². The highest BCUT2D eigenvalue weighted by molar-refractivity contribution is 5.73. The van der Waals surface area contributed by atoms with Gasteiger partial charge in [-0.1, -0.05) is 71.4 Å². The number of unbranched alkanes of at least 4 members (excludes halogenated alkanes) is 4. The van der Waals surface area contributed by atoms with Crippen LogP contribution in [-0.4, -0.2) is 22.5 Å². The molecule has 0 saturated carbocycles. The Morgan fingerprint density at radius 2 is 1.42 bits per heavy atom. The van der Waals surface area contributed by atoms with E-state index >= 15 is 0 Å². The molecule has 3 aromatic rings. The minimum Gasteiger partial charge on any atom is -0.494 e. The summed E-state index contributed by atoms with van der Waals surface area (Å²) in [6.45, 7) is 7.42. The number of carbonyl (C=O) groups excluding carboxylic acids is 1. The van der Waals surface area contributed by atoms with E-state index in [9.17, 15) is 4.79 Å². The minimum atomic E-state index is -0.167. The lowest BCUT2D eigenvalue weighted by Crippen LogP contribution is -2.07. The molecule has 0 radical (unpaired) electrons. The van der Waals surface area contributed by atoms with Gasteiger partial charge in [-0.25, -0.2) is 9.97 Å². The Bertz CT molecular complexity index is 1030. The smallest absolute Gasteiger partial charge is 0.311 e. The van der Waals surface area contributed by atoms with Crippen molar-refractivity contribution >= 4 is 5.97 Å². The van der Waals surface area contributed by atoms with Gasteiger partial charge in [-0.15, -0.1) is 0 Å². The van der Waals surface area contributed by atoms with Crippen LogP contribution in [0.5, 0.6) is 11.5 Å². The molecule has 192 valence electrons. The van der Waals surface area contributed by atoms with E-state index in [-0.39, 0.29) is 5.97 Å². The quantitative estimate of drug-likeness (QED) is 0.122. The third kappa shape index (κ3) is 9.10. The molecule has 0 aliphatic heterocycles. The molecule has 0 spiro atoms. The number of esters is 1. The lowest BCUT2D eigenvalue weighted by Gasteiger charge is -2.08. The molecule has 5 heteroatoms. The van der Waals surface area contributed by atoms with Crippen LogP contribution in [0, 0.1) is 5.92 Å². The Labute approximate surface area is 216 Å². The molecular weight excluding hydrogens is 448 g/mol. The van der Waals surface area contributed by atoms with Gasteiger partial charge in [0.25, 0.3) is 0 Å². The Hall–Kier alpha value is -3.21. The molecule has 0 amide bonds. The van der Waals surface area contributed by atoms with E-state index in [1.807, 2.05) is 60.9 Å². The molecule has 36 heavy (non-hydrogen) atoms. The molecule has 0 aliphatic carbocycles. The van der Waals surface area contributed by atoms with Crippen LogP contribution in [0.25, 0.3) is 22.5 Å². The summed E-state index contributed by atoms with van der Waals surface area (Å²) in [6.07, 6.45) is 13.2. The number of rotatable bonds is 15. The van der Waals surface area contributed by atoms with Gasteiger partial charge in [0.1, 0.15) is 11.5 Å². The standard InChI is InChI=1S/C31H40N2O3/c1-4-6-21-35-28-17-15-26(16-18-28)31-32-22-27(23-33-31)25-13-19-29(20-14-25)36-30(34)12-10-8-7-9-11-24(3)5-2/h13-20,22-24H,4-12,21H2,1-3H3. The van der Waals surface area contributed by atoms with Crippen molar-refractivity contribution in [3.8, 4) is 34.0 Å². The number of nitrogens with zero attached hydrogens (tertiary/aromatic N) is 2. The first-order chi connectivity index (χ1) is 17.6. The average Bonchev–Trinajstić information content (AvgIpc) is 2.91. The Morgan fingerprint density at radius 3 is 2.08 bits per heavy atom. The fourth-order valence-corrected chi connectivity index (χ4v) is 3.88. The molecular formula is C31H40N2O3. The number of aromatic nitrogens is 2. The minimum absolute atomic E-state index is 0.167. The van der Waals surface area contributed by atoms with Crippen LogP contribution >= 0.6 is 0 Å². The molecule has 0 saturated heterocycles. The highest BCUT2D eigenvalue weighted by Gasteiger charge is 2.08. The van der Waals surface area contributed by atoms with Gasteiger partial charge in [-0.2, -0.15) is 0 Å². The predicted octanol–water partition coefficient (Wildman–Crippen LogP) is 8.28. The van der Waals surface area contributed by atoms with Crippen LogP contribution in [-0.2, 0) is 4.79 Å². The second-order valence-electron chi connectivity index (χ2n) is 9.49. The number of benzene rings is 2. The van der Waals surface area contributed by atoms with E-state index in [0.29, 0.717) is 18.0 Å². The Kier molecular flexibility index (Phi) is 11.4. The van der Waals surface area contributed by atoms with Gasteiger partial charge in [-0.05, 0) is 60.7 Å². The largest absolute Gasteiger partial charge is 0.494 e. The fraction of sp³-hybridized carbons (Fsp3) is 0.452. The molecule has 5 nitrogen and oxygen atoms in total. The summed E-state index contributed by atoms with van der Waals surface area (Å²) in [5.74, 6) is 2.74. The first kappa shape index (κ1) is 27.4. The molecule has 0 fully saturated rings. The van der Waals surface area contributed by atoms with Gasteiger partial charge in [0.15, 0.2) is 5.82 Å². The summed E-state index contributed by atoms with van der Waals surface area (Å²) in [7, 11) is 0. The number of hydrogen-bond donors (Lipinski definition) is 0.